The Morgan fingerprint density at radius 1 is 1.00 bits per heavy atom. The minimum atomic E-state index is 0.350. The molecule has 0 bridgehead atoms. The minimum absolute atomic E-state index is 0.350. The number of H-pyrrole nitrogens is 1. The van der Waals surface area contributed by atoms with Gasteiger partial charge >= 0.3 is 0 Å². The molecule has 0 aliphatic rings. The molecule has 1 heterocycles. The predicted molar refractivity (Wildman–Crippen MR) is 90.5 cm³/mol. The first-order chi connectivity index (χ1) is 9.36. The van der Waals surface area contributed by atoms with Crippen molar-refractivity contribution in [1.29, 1.82) is 0 Å². The summed E-state index contributed by atoms with van der Waals surface area (Å²) in [5, 5.41) is 0. The standard InChI is InChI=1S/C19H35N/c1-7-8-9-10-11-12-13-18(19(4,5)6)17-14-15(2)20-16(17)3/h14,18,20H,7-13H2,1-6H3. The van der Waals surface area contributed by atoms with Crippen LogP contribution in [-0.2, 0) is 0 Å². The van der Waals surface area contributed by atoms with Crippen molar-refractivity contribution in [2.75, 3.05) is 0 Å². The zero-order chi connectivity index (χ0) is 15.2. The number of aromatic amines is 1. The van der Waals surface area contributed by atoms with Crippen LogP contribution >= 0.6 is 0 Å². The molecule has 1 aromatic rings. The van der Waals surface area contributed by atoms with E-state index >= 15 is 0 Å². The molecule has 0 amide bonds. The van der Waals surface area contributed by atoms with Gasteiger partial charge in [0.15, 0.2) is 0 Å². The van der Waals surface area contributed by atoms with Gasteiger partial charge in [-0.15, -0.1) is 0 Å². The molecule has 1 rings (SSSR count). The Balaban J connectivity index is 2.56. The summed E-state index contributed by atoms with van der Waals surface area (Å²) >= 11 is 0. The van der Waals surface area contributed by atoms with Gasteiger partial charge in [0.2, 0.25) is 0 Å². The number of aryl methyl sites for hydroxylation is 2. The molecule has 116 valence electrons. The summed E-state index contributed by atoms with van der Waals surface area (Å²) in [6.07, 6.45) is 9.66. The highest BCUT2D eigenvalue weighted by molar-refractivity contribution is 5.29. The van der Waals surface area contributed by atoms with Crippen LogP contribution in [0.4, 0.5) is 0 Å². The third-order valence-corrected chi connectivity index (χ3v) is 4.46. The van der Waals surface area contributed by atoms with Crippen LogP contribution in [0.15, 0.2) is 6.07 Å². The van der Waals surface area contributed by atoms with Gasteiger partial charge in [0, 0.05) is 11.4 Å². The Hall–Kier alpha value is -0.720. The van der Waals surface area contributed by atoms with Crippen LogP contribution < -0.4 is 0 Å². The summed E-state index contributed by atoms with van der Waals surface area (Å²) in [5.74, 6) is 0.679. The smallest absolute Gasteiger partial charge is 0.0153 e. The fraction of sp³-hybridized carbons (Fsp3) is 0.789. The average molecular weight is 277 g/mol. The molecule has 0 fully saturated rings. The van der Waals surface area contributed by atoms with Gasteiger partial charge in [0.25, 0.3) is 0 Å². The monoisotopic (exact) mass is 277 g/mol. The summed E-state index contributed by atoms with van der Waals surface area (Å²) in [5.41, 5.74) is 4.56. The second-order valence-corrected chi connectivity index (χ2v) is 7.51. The van der Waals surface area contributed by atoms with E-state index in [9.17, 15) is 0 Å². The number of unbranched alkanes of at least 4 members (excludes halogenated alkanes) is 5. The molecule has 1 aromatic heterocycles. The molecule has 0 saturated carbocycles. The third kappa shape index (κ3) is 5.34. The molecule has 0 radical (unpaired) electrons. The molecule has 0 aliphatic carbocycles. The van der Waals surface area contributed by atoms with Crippen LogP contribution in [0.1, 0.15) is 95.5 Å². The van der Waals surface area contributed by atoms with Crippen LogP contribution in [0.3, 0.4) is 0 Å². The van der Waals surface area contributed by atoms with Crippen molar-refractivity contribution in [2.24, 2.45) is 5.41 Å². The average Bonchev–Trinajstić information content (AvgIpc) is 2.65. The van der Waals surface area contributed by atoms with E-state index in [-0.39, 0.29) is 0 Å². The maximum Gasteiger partial charge on any atom is 0.0153 e. The summed E-state index contributed by atoms with van der Waals surface area (Å²) in [6.45, 7) is 13.8. The van der Waals surface area contributed by atoms with Crippen molar-refractivity contribution < 1.29 is 0 Å². The molecule has 0 spiro atoms. The van der Waals surface area contributed by atoms with Crippen molar-refractivity contribution in [2.45, 2.75) is 92.4 Å². The molecule has 1 unspecified atom stereocenters. The van der Waals surface area contributed by atoms with Crippen molar-refractivity contribution in [3.63, 3.8) is 0 Å². The summed E-state index contributed by atoms with van der Waals surface area (Å²) < 4.78 is 0. The molecular formula is C19H35N. The van der Waals surface area contributed by atoms with E-state index in [1.165, 1.54) is 56.3 Å². The zero-order valence-electron chi connectivity index (χ0n) is 14.6. The topological polar surface area (TPSA) is 15.8 Å². The van der Waals surface area contributed by atoms with Crippen LogP contribution in [0, 0.1) is 19.3 Å². The van der Waals surface area contributed by atoms with Crippen molar-refractivity contribution >= 4 is 0 Å². The summed E-state index contributed by atoms with van der Waals surface area (Å²) in [7, 11) is 0. The van der Waals surface area contributed by atoms with E-state index in [2.05, 4.69) is 52.6 Å². The highest BCUT2D eigenvalue weighted by atomic mass is 14.7. The maximum atomic E-state index is 3.48. The fourth-order valence-corrected chi connectivity index (χ4v) is 3.29. The molecule has 1 N–H and O–H groups in total. The Morgan fingerprint density at radius 2 is 1.60 bits per heavy atom. The van der Waals surface area contributed by atoms with E-state index in [1.807, 2.05) is 0 Å². The highest BCUT2D eigenvalue weighted by Gasteiger charge is 2.27. The quantitative estimate of drug-likeness (QED) is 0.521. The molecule has 0 saturated heterocycles. The Bertz CT molecular complexity index is 381. The summed E-state index contributed by atoms with van der Waals surface area (Å²) in [4.78, 5) is 3.48. The van der Waals surface area contributed by atoms with E-state index in [1.54, 1.807) is 5.56 Å². The Labute approximate surface area is 126 Å². The molecular weight excluding hydrogens is 242 g/mol. The van der Waals surface area contributed by atoms with Crippen LogP contribution in [-0.4, -0.2) is 4.98 Å². The van der Waals surface area contributed by atoms with Gasteiger partial charge in [0.1, 0.15) is 0 Å². The SMILES string of the molecule is CCCCCCCCC(c1cc(C)[nH]c1C)C(C)(C)C. The second kappa shape index (κ2) is 7.90. The van der Waals surface area contributed by atoms with Gasteiger partial charge in [0.05, 0.1) is 0 Å². The zero-order valence-corrected chi connectivity index (χ0v) is 14.6. The lowest BCUT2D eigenvalue weighted by molar-refractivity contribution is 0.296. The fourth-order valence-electron chi connectivity index (χ4n) is 3.29. The number of hydrogen-bond acceptors (Lipinski definition) is 0. The van der Waals surface area contributed by atoms with E-state index in [0.717, 1.165) is 0 Å². The first-order valence-corrected chi connectivity index (χ1v) is 8.52. The molecule has 0 aromatic carbocycles. The Morgan fingerprint density at radius 3 is 2.10 bits per heavy atom. The third-order valence-electron chi connectivity index (χ3n) is 4.46. The number of hydrogen-bond donors (Lipinski definition) is 1. The van der Waals surface area contributed by atoms with Crippen LogP contribution in [0.25, 0.3) is 0 Å². The van der Waals surface area contributed by atoms with Gasteiger partial charge in [-0.25, -0.2) is 0 Å². The highest BCUT2D eigenvalue weighted by Crippen LogP contribution is 2.40. The van der Waals surface area contributed by atoms with Gasteiger partial charge in [-0.1, -0.05) is 66.2 Å². The second-order valence-electron chi connectivity index (χ2n) is 7.51. The maximum absolute atomic E-state index is 3.48. The molecule has 20 heavy (non-hydrogen) atoms. The normalized spacial score (nSPS) is 13.7. The van der Waals surface area contributed by atoms with Crippen molar-refractivity contribution in [3.8, 4) is 0 Å². The lowest BCUT2D eigenvalue weighted by Gasteiger charge is -2.31. The van der Waals surface area contributed by atoms with Gasteiger partial charge in [-0.05, 0) is 43.2 Å². The number of rotatable bonds is 8. The van der Waals surface area contributed by atoms with Crippen molar-refractivity contribution in [1.82, 2.24) is 4.98 Å². The van der Waals surface area contributed by atoms with E-state index in [4.69, 9.17) is 0 Å². The van der Waals surface area contributed by atoms with E-state index in [0.29, 0.717) is 11.3 Å². The van der Waals surface area contributed by atoms with Crippen molar-refractivity contribution in [3.05, 3.63) is 23.0 Å². The van der Waals surface area contributed by atoms with Gasteiger partial charge in [-0.2, -0.15) is 0 Å². The molecule has 0 aliphatic heterocycles. The van der Waals surface area contributed by atoms with Crippen LogP contribution in [0.5, 0.6) is 0 Å². The largest absolute Gasteiger partial charge is 0.362 e. The van der Waals surface area contributed by atoms with Gasteiger partial charge in [-0.3, -0.25) is 0 Å². The van der Waals surface area contributed by atoms with Gasteiger partial charge < -0.3 is 4.98 Å². The van der Waals surface area contributed by atoms with Crippen LogP contribution in [0.2, 0.25) is 0 Å². The minimum Gasteiger partial charge on any atom is -0.362 e. The lowest BCUT2D eigenvalue weighted by atomic mass is 9.73. The molecule has 1 heteroatoms. The Kier molecular flexibility index (Phi) is 6.85. The summed E-state index contributed by atoms with van der Waals surface area (Å²) in [6, 6.07) is 2.36. The van der Waals surface area contributed by atoms with E-state index < -0.39 is 0 Å². The first-order valence-electron chi connectivity index (χ1n) is 8.52. The first kappa shape index (κ1) is 17.3. The predicted octanol–water partition coefficient (Wildman–Crippen LogP) is 6.51. The number of aromatic nitrogens is 1. The lowest BCUT2D eigenvalue weighted by Crippen LogP contribution is -2.19. The molecule has 1 atom stereocenters. The molecule has 1 nitrogen and oxygen atoms in total. The number of nitrogens with one attached hydrogen (secondary N) is 1.